The summed E-state index contributed by atoms with van der Waals surface area (Å²) in [5, 5.41) is 8.19. The highest BCUT2D eigenvalue weighted by atomic mass is 16.2. The number of nitrogens with one attached hydrogen (secondary N) is 3. The van der Waals surface area contributed by atoms with Gasteiger partial charge in [-0.2, -0.15) is 0 Å². The van der Waals surface area contributed by atoms with Crippen molar-refractivity contribution in [3.8, 4) is 0 Å². The Morgan fingerprint density at radius 2 is 1.72 bits per heavy atom. The molecule has 3 amide bonds. The lowest BCUT2D eigenvalue weighted by molar-refractivity contribution is -0.118. The van der Waals surface area contributed by atoms with Crippen molar-refractivity contribution in [2.45, 2.75) is 32.2 Å². The largest absolute Gasteiger partial charge is 0.376 e. The summed E-state index contributed by atoms with van der Waals surface area (Å²) in [5.74, 6) is -0.348. The fraction of sp³-hybridized carbons (Fsp3) is 0.300. The molecule has 1 aliphatic rings. The second kappa shape index (κ2) is 8.33. The van der Waals surface area contributed by atoms with Gasteiger partial charge >= 0.3 is 6.03 Å². The topological polar surface area (TPSA) is 70.2 Å². The van der Waals surface area contributed by atoms with Crippen LogP contribution in [-0.4, -0.2) is 18.5 Å². The van der Waals surface area contributed by atoms with Gasteiger partial charge in [0.05, 0.1) is 6.54 Å². The summed E-state index contributed by atoms with van der Waals surface area (Å²) in [5.41, 5.74) is 4.64. The van der Waals surface area contributed by atoms with Crippen LogP contribution in [0.4, 0.5) is 10.5 Å². The number of imide groups is 1. The number of carbonyl (C=O) groups is 2. The highest BCUT2D eigenvalue weighted by Crippen LogP contribution is 2.27. The Morgan fingerprint density at radius 1 is 0.920 bits per heavy atom. The molecule has 2 aromatic rings. The molecule has 0 saturated heterocycles. The molecular weight excluding hydrogens is 314 g/mol. The summed E-state index contributed by atoms with van der Waals surface area (Å²) < 4.78 is 0. The highest BCUT2D eigenvalue weighted by molar-refractivity contribution is 5.96. The van der Waals surface area contributed by atoms with E-state index in [4.69, 9.17) is 0 Å². The monoisotopic (exact) mass is 337 g/mol. The highest BCUT2D eigenvalue weighted by Gasteiger charge is 2.14. The molecule has 5 heteroatoms. The molecule has 5 nitrogen and oxygen atoms in total. The van der Waals surface area contributed by atoms with Crippen LogP contribution in [0.2, 0.25) is 0 Å². The SMILES string of the molecule is O=C(CNc1cccc2c1CCCC2)NC(=O)NCc1ccccc1. The lowest BCUT2D eigenvalue weighted by Crippen LogP contribution is -2.41. The van der Waals surface area contributed by atoms with Gasteiger partial charge in [-0.15, -0.1) is 0 Å². The van der Waals surface area contributed by atoms with Gasteiger partial charge < -0.3 is 10.6 Å². The number of rotatable bonds is 5. The maximum Gasteiger partial charge on any atom is 0.321 e. The average Bonchev–Trinajstić information content (AvgIpc) is 2.65. The number of anilines is 1. The molecule has 0 bridgehead atoms. The minimum Gasteiger partial charge on any atom is -0.376 e. The quantitative estimate of drug-likeness (QED) is 0.785. The van der Waals surface area contributed by atoms with Crippen LogP contribution in [0.5, 0.6) is 0 Å². The van der Waals surface area contributed by atoms with Crippen molar-refractivity contribution in [3.63, 3.8) is 0 Å². The number of carbonyl (C=O) groups excluding carboxylic acids is 2. The number of benzene rings is 2. The molecule has 0 radical (unpaired) electrons. The third kappa shape index (κ3) is 4.83. The molecule has 130 valence electrons. The van der Waals surface area contributed by atoms with Gasteiger partial charge in [-0.1, -0.05) is 42.5 Å². The van der Waals surface area contributed by atoms with Gasteiger partial charge in [-0.05, 0) is 48.4 Å². The van der Waals surface area contributed by atoms with Crippen molar-refractivity contribution in [3.05, 3.63) is 65.2 Å². The summed E-state index contributed by atoms with van der Waals surface area (Å²) in [4.78, 5) is 23.8. The first kappa shape index (κ1) is 17.0. The molecule has 0 aliphatic heterocycles. The zero-order chi connectivity index (χ0) is 17.5. The number of amides is 3. The Hall–Kier alpha value is -2.82. The van der Waals surface area contributed by atoms with E-state index in [-0.39, 0.29) is 12.5 Å². The number of hydrogen-bond acceptors (Lipinski definition) is 3. The van der Waals surface area contributed by atoms with E-state index >= 15 is 0 Å². The lowest BCUT2D eigenvalue weighted by atomic mass is 9.90. The molecule has 0 aromatic heterocycles. The predicted molar refractivity (Wildman–Crippen MR) is 98.4 cm³/mol. The first-order valence-corrected chi connectivity index (χ1v) is 8.68. The minimum atomic E-state index is -0.481. The fourth-order valence-corrected chi connectivity index (χ4v) is 3.12. The second-order valence-electron chi connectivity index (χ2n) is 6.22. The summed E-state index contributed by atoms with van der Waals surface area (Å²) >= 11 is 0. The van der Waals surface area contributed by atoms with Crippen LogP contribution < -0.4 is 16.0 Å². The molecule has 0 heterocycles. The minimum absolute atomic E-state index is 0.0786. The Balaban J connectivity index is 1.46. The van der Waals surface area contributed by atoms with E-state index in [2.05, 4.69) is 22.0 Å². The first-order valence-electron chi connectivity index (χ1n) is 8.68. The van der Waals surface area contributed by atoms with Gasteiger partial charge in [0.25, 0.3) is 0 Å². The van der Waals surface area contributed by atoms with Crippen molar-refractivity contribution in [1.82, 2.24) is 10.6 Å². The van der Waals surface area contributed by atoms with Gasteiger partial charge in [0.2, 0.25) is 5.91 Å². The molecule has 2 aromatic carbocycles. The van der Waals surface area contributed by atoms with Crippen molar-refractivity contribution >= 4 is 17.6 Å². The Labute approximate surface area is 147 Å². The second-order valence-corrected chi connectivity index (χ2v) is 6.22. The lowest BCUT2D eigenvalue weighted by Gasteiger charge is -2.20. The van der Waals surface area contributed by atoms with E-state index in [1.165, 1.54) is 24.0 Å². The van der Waals surface area contributed by atoms with Crippen LogP contribution in [0, 0.1) is 0 Å². The molecule has 25 heavy (non-hydrogen) atoms. The van der Waals surface area contributed by atoms with Crippen LogP contribution >= 0.6 is 0 Å². The Morgan fingerprint density at radius 3 is 2.56 bits per heavy atom. The van der Waals surface area contributed by atoms with Gasteiger partial charge in [0.15, 0.2) is 0 Å². The van der Waals surface area contributed by atoms with Crippen LogP contribution in [0.1, 0.15) is 29.5 Å². The zero-order valence-corrected chi connectivity index (χ0v) is 14.2. The standard InChI is InChI=1S/C20H23N3O2/c24-19(23-20(25)22-13-15-7-2-1-3-8-15)14-21-18-12-6-10-16-9-4-5-11-17(16)18/h1-3,6-8,10,12,21H,4-5,9,11,13-14H2,(H2,22,23,24,25). The zero-order valence-electron chi connectivity index (χ0n) is 14.2. The van der Waals surface area contributed by atoms with E-state index in [9.17, 15) is 9.59 Å². The van der Waals surface area contributed by atoms with Gasteiger partial charge in [0.1, 0.15) is 0 Å². The van der Waals surface area contributed by atoms with E-state index in [1.807, 2.05) is 42.5 Å². The Kier molecular flexibility index (Phi) is 5.67. The third-order valence-corrected chi connectivity index (χ3v) is 4.38. The fourth-order valence-electron chi connectivity index (χ4n) is 3.12. The molecule has 3 N–H and O–H groups in total. The van der Waals surface area contributed by atoms with Crippen LogP contribution in [-0.2, 0) is 24.2 Å². The molecule has 3 rings (SSSR count). The third-order valence-electron chi connectivity index (χ3n) is 4.38. The van der Waals surface area contributed by atoms with E-state index in [0.29, 0.717) is 6.54 Å². The van der Waals surface area contributed by atoms with E-state index < -0.39 is 6.03 Å². The molecule has 0 saturated carbocycles. The molecule has 1 aliphatic carbocycles. The Bertz CT molecular complexity index is 744. The van der Waals surface area contributed by atoms with Crippen LogP contribution in [0.15, 0.2) is 48.5 Å². The molecule has 0 fully saturated rings. The number of hydrogen-bond donors (Lipinski definition) is 3. The van der Waals surface area contributed by atoms with Crippen LogP contribution in [0.3, 0.4) is 0 Å². The van der Waals surface area contributed by atoms with Gasteiger partial charge in [-0.25, -0.2) is 4.79 Å². The molecular formula is C20H23N3O2. The summed E-state index contributed by atoms with van der Waals surface area (Å²) in [6.45, 7) is 0.467. The van der Waals surface area contributed by atoms with Gasteiger partial charge in [0, 0.05) is 12.2 Å². The molecule has 0 atom stereocenters. The summed E-state index contributed by atoms with van der Waals surface area (Å²) in [6.07, 6.45) is 4.54. The van der Waals surface area contributed by atoms with Crippen molar-refractivity contribution in [2.75, 3.05) is 11.9 Å². The van der Waals surface area contributed by atoms with E-state index in [1.54, 1.807) is 0 Å². The summed E-state index contributed by atoms with van der Waals surface area (Å²) in [6, 6.07) is 15.2. The maximum absolute atomic E-state index is 12.0. The predicted octanol–water partition coefficient (Wildman–Crippen LogP) is 3.00. The number of fused-ring (bicyclic) bond motifs is 1. The first-order chi connectivity index (χ1) is 12.2. The van der Waals surface area contributed by atoms with Crippen LogP contribution in [0.25, 0.3) is 0 Å². The van der Waals surface area contributed by atoms with Crippen molar-refractivity contribution < 1.29 is 9.59 Å². The van der Waals surface area contributed by atoms with Crippen molar-refractivity contribution in [2.24, 2.45) is 0 Å². The maximum atomic E-state index is 12.0. The number of aryl methyl sites for hydroxylation is 1. The molecule has 0 unspecified atom stereocenters. The molecule has 0 spiro atoms. The smallest absolute Gasteiger partial charge is 0.321 e. The normalized spacial score (nSPS) is 12.8. The van der Waals surface area contributed by atoms with Crippen molar-refractivity contribution in [1.29, 1.82) is 0 Å². The summed E-state index contributed by atoms with van der Waals surface area (Å²) in [7, 11) is 0. The van der Waals surface area contributed by atoms with E-state index in [0.717, 1.165) is 24.1 Å². The number of urea groups is 1. The average molecular weight is 337 g/mol. The van der Waals surface area contributed by atoms with Gasteiger partial charge in [-0.3, -0.25) is 10.1 Å².